The zero-order valence-corrected chi connectivity index (χ0v) is 12.9. The smallest absolute Gasteiger partial charge is 0.208 e. The van der Waals surface area contributed by atoms with E-state index in [-0.39, 0.29) is 0 Å². The minimum Gasteiger partial charge on any atom is -0.428 e. The highest BCUT2D eigenvalue weighted by molar-refractivity contribution is 6.28. The molecule has 4 rings (SSSR count). The van der Waals surface area contributed by atoms with Gasteiger partial charge in [0.1, 0.15) is 11.3 Å². The summed E-state index contributed by atoms with van der Waals surface area (Å²) in [5.74, 6) is 2.31. The van der Waals surface area contributed by atoms with Crippen LogP contribution in [0.15, 0.2) is 34.9 Å². The predicted molar refractivity (Wildman–Crippen MR) is 85.4 cm³/mol. The molecule has 5 nitrogen and oxygen atoms in total. The number of fused-ring (bicyclic) bond motifs is 1. The van der Waals surface area contributed by atoms with Gasteiger partial charge in [-0.25, -0.2) is 14.5 Å². The molecule has 1 aliphatic heterocycles. The molecule has 0 bridgehead atoms. The number of pyridine rings is 1. The molecule has 0 saturated carbocycles. The van der Waals surface area contributed by atoms with Gasteiger partial charge < -0.3 is 9.73 Å². The van der Waals surface area contributed by atoms with Gasteiger partial charge in [-0.3, -0.25) is 0 Å². The van der Waals surface area contributed by atoms with Gasteiger partial charge in [0.15, 0.2) is 10.9 Å². The van der Waals surface area contributed by atoms with E-state index in [4.69, 9.17) is 21.0 Å². The van der Waals surface area contributed by atoms with Crippen molar-refractivity contribution in [1.82, 2.24) is 19.9 Å². The van der Waals surface area contributed by atoms with Gasteiger partial charge in [0, 0.05) is 18.7 Å². The van der Waals surface area contributed by atoms with E-state index in [0.29, 0.717) is 17.0 Å². The lowest BCUT2D eigenvalue weighted by Gasteiger charge is -2.22. The van der Waals surface area contributed by atoms with Crippen molar-refractivity contribution in [1.29, 1.82) is 0 Å². The zero-order chi connectivity index (χ0) is 14.9. The topological polar surface area (TPSA) is 55.9 Å². The molecule has 4 heterocycles. The number of rotatable bonds is 3. The maximum atomic E-state index is 5.94. The Morgan fingerprint density at radius 1 is 1.27 bits per heavy atom. The lowest BCUT2D eigenvalue weighted by molar-refractivity contribution is 0.365. The van der Waals surface area contributed by atoms with Crippen molar-refractivity contribution in [3.8, 4) is 5.88 Å². The molecule has 0 spiro atoms. The second kappa shape index (κ2) is 5.74. The average Bonchev–Trinajstić information content (AvgIpc) is 3.11. The van der Waals surface area contributed by atoms with Crippen LogP contribution >= 0.6 is 11.6 Å². The van der Waals surface area contributed by atoms with Crippen molar-refractivity contribution in [2.75, 3.05) is 13.1 Å². The van der Waals surface area contributed by atoms with Gasteiger partial charge >= 0.3 is 0 Å². The number of nitrogens with one attached hydrogen (secondary N) is 1. The molecule has 0 unspecified atom stereocenters. The monoisotopic (exact) mass is 316 g/mol. The van der Waals surface area contributed by atoms with Gasteiger partial charge in [0.25, 0.3) is 0 Å². The Labute approximate surface area is 133 Å². The highest BCUT2D eigenvalue weighted by atomic mass is 35.5. The molecule has 3 aromatic heterocycles. The van der Waals surface area contributed by atoms with Crippen LogP contribution in [0.4, 0.5) is 0 Å². The predicted octanol–water partition coefficient (Wildman–Crippen LogP) is 3.21. The fourth-order valence-electron chi connectivity index (χ4n) is 3.10. The van der Waals surface area contributed by atoms with Crippen LogP contribution in [0.5, 0.6) is 0 Å². The molecule has 0 aromatic carbocycles. The Kier molecular flexibility index (Phi) is 3.60. The lowest BCUT2D eigenvalue weighted by Crippen LogP contribution is -2.29. The summed E-state index contributed by atoms with van der Waals surface area (Å²) in [6.45, 7) is 2.16. The Morgan fingerprint density at radius 3 is 2.91 bits per heavy atom. The van der Waals surface area contributed by atoms with Gasteiger partial charge in [-0.1, -0.05) is 0 Å². The molecule has 0 atom stereocenters. The summed E-state index contributed by atoms with van der Waals surface area (Å²) in [5.41, 5.74) is 1.71. The molecular weight excluding hydrogens is 300 g/mol. The molecule has 0 amide bonds. The normalized spacial score (nSPS) is 16.4. The number of imidazole rings is 1. The number of nitrogens with zero attached hydrogens (tertiary/aromatic N) is 3. The van der Waals surface area contributed by atoms with E-state index >= 15 is 0 Å². The second-order valence-electron chi connectivity index (χ2n) is 5.68. The first-order valence-corrected chi connectivity index (χ1v) is 7.98. The highest BCUT2D eigenvalue weighted by Gasteiger charge is 2.21. The van der Waals surface area contributed by atoms with E-state index in [0.717, 1.165) is 36.5 Å². The third kappa shape index (κ3) is 2.51. The first-order chi connectivity index (χ1) is 10.8. The fraction of sp³-hybridized carbons (Fsp3) is 0.375. The zero-order valence-electron chi connectivity index (χ0n) is 12.1. The maximum absolute atomic E-state index is 5.94. The van der Waals surface area contributed by atoms with Crippen molar-refractivity contribution in [3.63, 3.8) is 0 Å². The third-order valence-corrected chi connectivity index (χ3v) is 4.40. The third-order valence-electron chi connectivity index (χ3n) is 4.19. The molecule has 22 heavy (non-hydrogen) atoms. The number of hydrogen-bond donors (Lipinski definition) is 1. The number of piperidine rings is 1. The van der Waals surface area contributed by atoms with Gasteiger partial charge in [-0.2, -0.15) is 0 Å². The van der Waals surface area contributed by atoms with Gasteiger partial charge in [0.2, 0.25) is 5.88 Å². The quantitative estimate of drug-likeness (QED) is 0.806. The number of hydrogen-bond acceptors (Lipinski definition) is 4. The summed E-state index contributed by atoms with van der Waals surface area (Å²) >= 11 is 5.94. The fourth-order valence-corrected chi connectivity index (χ4v) is 3.24. The molecule has 0 aliphatic carbocycles. The van der Waals surface area contributed by atoms with Crippen LogP contribution in [0.1, 0.15) is 18.7 Å². The molecule has 3 aromatic rings. The SMILES string of the molecule is Clc1ccc(-n2c(CC3CCNCC3)nc3cccnc32)o1. The van der Waals surface area contributed by atoms with Crippen LogP contribution in [-0.2, 0) is 6.42 Å². The van der Waals surface area contributed by atoms with Crippen LogP contribution in [0.3, 0.4) is 0 Å². The van der Waals surface area contributed by atoms with E-state index in [2.05, 4.69) is 10.3 Å². The summed E-state index contributed by atoms with van der Waals surface area (Å²) < 4.78 is 7.59. The number of halogens is 1. The van der Waals surface area contributed by atoms with Crippen molar-refractivity contribution in [3.05, 3.63) is 41.5 Å². The van der Waals surface area contributed by atoms with Crippen molar-refractivity contribution < 1.29 is 4.42 Å². The van der Waals surface area contributed by atoms with Crippen molar-refractivity contribution in [2.24, 2.45) is 5.92 Å². The van der Waals surface area contributed by atoms with E-state index in [1.54, 1.807) is 12.3 Å². The van der Waals surface area contributed by atoms with E-state index in [1.165, 1.54) is 12.8 Å². The summed E-state index contributed by atoms with van der Waals surface area (Å²) in [7, 11) is 0. The summed E-state index contributed by atoms with van der Waals surface area (Å²) in [6.07, 6.45) is 5.06. The van der Waals surface area contributed by atoms with Crippen LogP contribution in [0.25, 0.3) is 17.0 Å². The summed E-state index contributed by atoms with van der Waals surface area (Å²) in [5, 5.41) is 3.78. The molecule has 1 saturated heterocycles. The standard InChI is InChI=1S/C16H17ClN4O/c17-13-3-4-15(22-13)21-14(10-11-5-8-18-9-6-11)20-12-2-1-7-19-16(12)21/h1-4,7,11,18H,5-6,8-10H2. The molecular formula is C16H17ClN4O. The second-order valence-corrected chi connectivity index (χ2v) is 6.06. The average molecular weight is 317 g/mol. The molecule has 1 N–H and O–H groups in total. The Hall–Kier alpha value is -1.85. The Balaban J connectivity index is 1.79. The van der Waals surface area contributed by atoms with Crippen LogP contribution < -0.4 is 5.32 Å². The molecule has 1 fully saturated rings. The highest BCUT2D eigenvalue weighted by Crippen LogP contribution is 2.26. The van der Waals surface area contributed by atoms with Gasteiger partial charge in [-0.15, -0.1) is 0 Å². The van der Waals surface area contributed by atoms with Crippen LogP contribution in [0, 0.1) is 5.92 Å². The summed E-state index contributed by atoms with van der Waals surface area (Å²) in [6, 6.07) is 7.50. The Morgan fingerprint density at radius 2 is 2.14 bits per heavy atom. The maximum Gasteiger partial charge on any atom is 0.208 e. The largest absolute Gasteiger partial charge is 0.428 e. The van der Waals surface area contributed by atoms with Gasteiger partial charge in [0.05, 0.1) is 0 Å². The van der Waals surface area contributed by atoms with Crippen LogP contribution in [-0.4, -0.2) is 27.6 Å². The molecule has 0 radical (unpaired) electrons. The minimum atomic E-state index is 0.376. The minimum absolute atomic E-state index is 0.376. The van der Waals surface area contributed by atoms with Crippen LogP contribution in [0.2, 0.25) is 5.22 Å². The molecule has 1 aliphatic rings. The Bertz CT molecular complexity index is 788. The lowest BCUT2D eigenvalue weighted by atomic mass is 9.94. The van der Waals surface area contributed by atoms with Crippen molar-refractivity contribution in [2.45, 2.75) is 19.3 Å². The van der Waals surface area contributed by atoms with Crippen molar-refractivity contribution >= 4 is 22.8 Å². The molecule has 6 heteroatoms. The number of furan rings is 1. The summed E-state index contributed by atoms with van der Waals surface area (Å²) in [4.78, 5) is 9.23. The van der Waals surface area contributed by atoms with Gasteiger partial charge in [-0.05, 0) is 61.6 Å². The molecule has 114 valence electrons. The van der Waals surface area contributed by atoms with E-state index in [9.17, 15) is 0 Å². The van der Waals surface area contributed by atoms with E-state index in [1.807, 2.05) is 22.8 Å². The number of aromatic nitrogens is 3. The first kappa shape index (κ1) is 13.8. The first-order valence-electron chi connectivity index (χ1n) is 7.60. The van der Waals surface area contributed by atoms with E-state index < -0.39 is 0 Å².